The molecular weight excluding hydrogens is 103 g/mol. The molecular formula is C3H2ClO2. The van der Waals surface area contributed by atoms with Gasteiger partial charge in [0.1, 0.15) is 0 Å². The molecule has 0 rings (SSSR count). The third-order valence-electron chi connectivity index (χ3n) is 0.178. The minimum atomic E-state index is -1.08. The fourth-order valence-corrected chi connectivity index (χ4v) is 0.140. The molecule has 3 heteroatoms. The summed E-state index contributed by atoms with van der Waals surface area (Å²) in [6, 6.07) is 0. The Hall–Kier alpha value is -0.500. The lowest BCUT2D eigenvalue weighted by Crippen LogP contribution is -1.83. The molecule has 0 aliphatic heterocycles. The average Bonchev–Trinajstić information content (AvgIpc) is 1.35. The Morgan fingerprint density at radius 3 is 2.50 bits per heavy atom. The van der Waals surface area contributed by atoms with Crippen LogP contribution >= 0.6 is 11.6 Å². The van der Waals surface area contributed by atoms with Gasteiger partial charge in [-0.15, -0.1) is 0 Å². The molecule has 0 bridgehead atoms. The van der Waals surface area contributed by atoms with Crippen LogP contribution in [0.1, 0.15) is 0 Å². The molecule has 0 saturated heterocycles. The Morgan fingerprint density at radius 1 is 2.00 bits per heavy atom. The van der Waals surface area contributed by atoms with Crippen LogP contribution in [-0.2, 0) is 4.79 Å². The van der Waals surface area contributed by atoms with Gasteiger partial charge in [0.25, 0.3) is 0 Å². The van der Waals surface area contributed by atoms with Gasteiger partial charge in [0.15, 0.2) is 0 Å². The Bertz CT molecular complexity index is 76.9. The van der Waals surface area contributed by atoms with Crippen molar-refractivity contribution in [3.63, 3.8) is 0 Å². The number of hydrogen-bond donors (Lipinski definition) is 1. The fraction of sp³-hybridized carbons (Fsp3) is 0. The summed E-state index contributed by atoms with van der Waals surface area (Å²) in [7, 11) is 0. The van der Waals surface area contributed by atoms with Gasteiger partial charge in [-0.25, -0.2) is 4.79 Å². The predicted molar refractivity (Wildman–Crippen MR) is 21.3 cm³/mol. The first-order valence-corrected chi connectivity index (χ1v) is 1.57. The lowest BCUT2D eigenvalue weighted by atomic mass is 10.7. The SMILES string of the molecule is O=C(O)C=[C]Cl. The van der Waals surface area contributed by atoms with Crippen LogP contribution in [0.25, 0.3) is 0 Å². The number of carbonyl (C=O) groups is 1. The van der Waals surface area contributed by atoms with Gasteiger partial charge in [0, 0.05) is 6.08 Å². The topological polar surface area (TPSA) is 37.3 Å². The highest BCUT2D eigenvalue weighted by Gasteiger charge is 1.78. The summed E-state index contributed by atoms with van der Waals surface area (Å²) in [5.41, 5.74) is 1.81. The minimum absolute atomic E-state index is 0.724. The molecule has 0 fully saturated rings. The molecule has 0 saturated carbocycles. The van der Waals surface area contributed by atoms with Crippen molar-refractivity contribution in [3.05, 3.63) is 11.6 Å². The number of rotatable bonds is 1. The smallest absolute Gasteiger partial charge is 0.329 e. The Kier molecular flexibility index (Phi) is 2.50. The number of hydrogen-bond acceptors (Lipinski definition) is 1. The van der Waals surface area contributed by atoms with Crippen LogP contribution in [-0.4, -0.2) is 11.1 Å². The van der Waals surface area contributed by atoms with E-state index in [1.807, 2.05) is 5.54 Å². The van der Waals surface area contributed by atoms with E-state index >= 15 is 0 Å². The molecule has 0 unspecified atom stereocenters. The molecule has 1 N–H and O–H groups in total. The summed E-state index contributed by atoms with van der Waals surface area (Å²) in [5.74, 6) is -1.08. The van der Waals surface area contributed by atoms with Crippen LogP contribution in [0.3, 0.4) is 0 Å². The minimum Gasteiger partial charge on any atom is -0.478 e. The maximum absolute atomic E-state index is 9.40. The highest BCUT2D eigenvalue weighted by molar-refractivity contribution is 6.23. The van der Waals surface area contributed by atoms with Gasteiger partial charge < -0.3 is 5.11 Å². The number of aliphatic carboxylic acids is 1. The fourth-order valence-electron chi connectivity index (χ4n) is 0.0467. The molecule has 1 radical (unpaired) electrons. The Morgan fingerprint density at radius 2 is 2.50 bits per heavy atom. The van der Waals surface area contributed by atoms with Crippen molar-refractivity contribution >= 4 is 17.6 Å². The van der Waals surface area contributed by atoms with Gasteiger partial charge in [-0.3, -0.25) is 0 Å². The van der Waals surface area contributed by atoms with Crippen LogP contribution in [0.15, 0.2) is 6.08 Å². The van der Waals surface area contributed by atoms with Gasteiger partial charge in [-0.2, -0.15) is 0 Å². The first-order chi connectivity index (χ1) is 2.77. The molecule has 0 heterocycles. The van der Waals surface area contributed by atoms with Crippen LogP contribution < -0.4 is 0 Å². The molecule has 0 aromatic heterocycles. The zero-order valence-corrected chi connectivity index (χ0v) is 3.57. The zero-order valence-electron chi connectivity index (χ0n) is 2.81. The lowest BCUT2D eigenvalue weighted by Gasteiger charge is -1.66. The number of carboxylic acids is 1. The second-order valence-electron chi connectivity index (χ2n) is 0.592. The van der Waals surface area contributed by atoms with Crippen LogP contribution in [0.2, 0.25) is 0 Å². The molecule has 2 nitrogen and oxygen atoms in total. The van der Waals surface area contributed by atoms with E-state index in [9.17, 15) is 4.79 Å². The summed E-state index contributed by atoms with van der Waals surface area (Å²) in [5, 5.41) is 7.71. The molecule has 6 heavy (non-hydrogen) atoms. The van der Waals surface area contributed by atoms with Crippen molar-refractivity contribution in [2.24, 2.45) is 0 Å². The summed E-state index contributed by atoms with van der Waals surface area (Å²) in [6.07, 6.45) is 0.724. The van der Waals surface area contributed by atoms with E-state index in [4.69, 9.17) is 16.7 Å². The van der Waals surface area contributed by atoms with Crippen molar-refractivity contribution in [3.8, 4) is 0 Å². The van der Waals surface area contributed by atoms with Gasteiger partial charge >= 0.3 is 5.97 Å². The Labute approximate surface area is 40.0 Å². The van der Waals surface area contributed by atoms with E-state index < -0.39 is 5.97 Å². The molecule has 33 valence electrons. The van der Waals surface area contributed by atoms with E-state index in [0.717, 1.165) is 6.08 Å². The van der Waals surface area contributed by atoms with Crippen molar-refractivity contribution in [2.75, 3.05) is 0 Å². The van der Waals surface area contributed by atoms with Gasteiger partial charge in [-0.05, 0) is 0 Å². The maximum atomic E-state index is 9.40. The van der Waals surface area contributed by atoms with Crippen LogP contribution in [0.4, 0.5) is 0 Å². The van der Waals surface area contributed by atoms with E-state index in [-0.39, 0.29) is 0 Å². The van der Waals surface area contributed by atoms with E-state index in [1.165, 1.54) is 0 Å². The normalized spacial score (nSPS) is 9.50. The van der Waals surface area contributed by atoms with Crippen molar-refractivity contribution in [1.29, 1.82) is 0 Å². The first-order valence-electron chi connectivity index (χ1n) is 1.19. The van der Waals surface area contributed by atoms with E-state index in [0.29, 0.717) is 0 Å². The second kappa shape index (κ2) is 2.72. The highest BCUT2D eigenvalue weighted by atomic mass is 35.5. The number of halogens is 1. The monoisotopic (exact) mass is 105 g/mol. The Balaban J connectivity index is 3.30. The molecule has 0 aliphatic rings. The summed E-state index contributed by atoms with van der Waals surface area (Å²) >= 11 is 4.71. The second-order valence-corrected chi connectivity index (χ2v) is 0.810. The number of carboxylic acid groups (broad SMARTS) is 1. The third-order valence-corrected chi connectivity index (χ3v) is 0.287. The maximum Gasteiger partial charge on any atom is 0.329 e. The van der Waals surface area contributed by atoms with Gasteiger partial charge in [-0.1, -0.05) is 11.6 Å². The summed E-state index contributed by atoms with van der Waals surface area (Å²) in [4.78, 5) is 9.40. The average molecular weight is 106 g/mol. The van der Waals surface area contributed by atoms with E-state index in [2.05, 4.69) is 0 Å². The quantitative estimate of drug-likeness (QED) is 0.497. The molecule has 0 aromatic carbocycles. The zero-order chi connectivity index (χ0) is 4.99. The van der Waals surface area contributed by atoms with Crippen LogP contribution in [0.5, 0.6) is 0 Å². The molecule has 0 spiro atoms. The largest absolute Gasteiger partial charge is 0.478 e. The lowest BCUT2D eigenvalue weighted by molar-refractivity contribution is -0.131. The van der Waals surface area contributed by atoms with Gasteiger partial charge in [0.05, 0.1) is 5.54 Å². The molecule has 0 aliphatic carbocycles. The summed E-state index contributed by atoms with van der Waals surface area (Å²) in [6.45, 7) is 0. The van der Waals surface area contributed by atoms with Gasteiger partial charge in [0.2, 0.25) is 0 Å². The summed E-state index contributed by atoms with van der Waals surface area (Å²) < 4.78 is 0. The van der Waals surface area contributed by atoms with Crippen molar-refractivity contribution in [2.45, 2.75) is 0 Å². The molecule has 0 amide bonds. The first kappa shape index (κ1) is 5.50. The van der Waals surface area contributed by atoms with Crippen LogP contribution in [0, 0.1) is 5.54 Å². The van der Waals surface area contributed by atoms with E-state index in [1.54, 1.807) is 0 Å². The van der Waals surface area contributed by atoms with Crippen molar-refractivity contribution in [1.82, 2.24) is 0 Å². The molecule has 0 aromatic rings. The predicted octanol–water partition coefficient (Wildman–Crippen LogP) is 0.627. The molecule has 0 atom stereocenters. The third kappa shape index (κ3) is 3.50. The highest BCUT2D eigenvalue weighted by Crippen LogP contribution is 1.72. The standard InChI is InChI=1S/C3H2ClO2/c4-2-1-3(5)6/h1H,(H,5,6). The van der Waals surface area contributed by atoms with Crippen molar-refractivity contribution < 1.29 is 9.90 Å².